The van der Waals surface area contributed by atoms with Crippen molar-refractivity contribution in [2.75, 3.05) is 0 Å². The molecule has 15 heavy (non-hydrogen) atoms. The second-order valence-electron chi connectivity index (χ2n) is 4.59. The minimum Gasteiger partial charge on any atom is -0.450 e. The first-order valence-electron chi connectivity index (χ1n) is 5.14. The third-order valence-corrected chi connectivity index (χ3v) is 7.57. The van der Waals surface area contributed by atoms with Crippen molar-refractivity contribution in [3.63, 3.8) is 0 Å². The molecule has 0 aliphatic heterocycles. The van der Waals surface area contributed by atoms with Gasteiger partial charge in [0.05, 0.1) is 0 Å². The molecule has 0 saturated heterocycles. The Labute approximate surface area is 96.1 Å². The molecule has 0 aromatic carbocycles. The molecule has 0 fully saturated rings. The quantitative estimate of drug-likeness (QED) is 0.502. The minimum absolute atomic E-state index is 1.50. The van der Waals surface area contributed by atoms with E-state index in [2.05, 4.69) is 50.7 Å². The van der Waals surface area contributed by atoms with Crippen LogP contribution in [0.1, 0.15) is 0 Å². The maximum atomic E-state index is 6.24. The predicted octanol–water partition coefficient (Wildman–Crippen LogP) is 3.98. The molecule has 0 saturated carbocycles. The monoisotopic (exact) mass is 238 g/mol. The van der Waals surface area contributed by atoms with Gasteiger partial charge in [0.1, 0.15) is 0 Å². The Balaban J connectivity index is 4.84. The highest BCUT2D eigenvalue weighted by atomic mass is 28.4. The first kappa shape index (κ1) is 14.4. The molecule has 0 radical (unpaired) electrons. The summed E-state index contributed by atoms with van der Waals surface area (Å²) in [5.74, 6) is 0. The van der Waals surface area contributed by atoms with Gasteiger partial charge in [-0.15, -0.1) is 0 Å². The smallest absolute Gasteiger partial charge is 0.227 e. The number of hydrogen-bond donors (Lipinski definition) is 0. The lowest BCUT2D eigenvalue weighted by Gasteiger charge is -2.29. The van der Waals surface area contributed by atoms with Gasteiger partial charge >= 0.3 is 0 Å². The summed E-state index contributed by atoms with van der Waals surface area (Å²) in [7, 11) is -3.37. The average molecular weight is 238 g/mol. The van der Waals surface area contributed by atoms with Gasteiger partial charge in [-0.05, 0) is 26.2 Å². The van der Waals surface area contributed by atoms with Crippen molar-refractivity contribution in [1.29, 1.82) is 0 Å². The summed E-state index contributed by atoms with van der Waals surface area (Å²) < 4.78 is 6.24. The van der Waals surface area contributed by atoms with E-state index in [1.54, 1.807) is 12.2 Å². The Kier molecular flexibility index (Phi) is 5.79. The third kappa shape index (κ3) is 7.30. The zero-order valence-electron chi connectivity index (χ0n) is 10.3. The van der Waals surface area contributed by atoms with Crippen molar-refractivity contribution in [3.8, 4) is 0 Å². The van der Waals surface area contributed by atoms with Gasteiger partial charge in [-0.1, -0.05) is 48.9 Å². The first-order valence-corrected chi connectivity index (χ1v) is 11.1. The van der Waals surface area contributed by atoms with Gasteiger partial charge in [0.25, 0.3) is 0 Å². The van der Waals surface area contributed by atoms with E-state index in [4.69, 9.17) is 4.12 Å². The van der Waals surface area contributed by atoms with Crippen molar-refractivity contribution in [1.82, 2.24) is 0 Å². The predicted molar refractivity (Wildman–Crippen MR) is 74.7 cm³/mol. The summed E-state index contributed by atoms with van der Waals surface area (Å²) >= 11 is 0. The number of allylic oxidation sites excluding steroid dienone is 4. The van der Waals surface area contributed by atoms with Crippen molar-refractivity contribution in [3.05, 3.63) is 48.9 Å². The standard InChI is InChI=1S/C12H22OSi2/c1-7-9-11-15(6,12-10-8-2)13-14(3,4)5/h7-12H,1-2H2,3-6H3/b11-9+,12-10+. The lowest BCUT2D eigenvalue weighted by Crippen LogP contribution is -2.42. The van der Waals surface area contributed by atoms with E-state index in [1.807, 2.05) is 12.2 Å². The van der Waals surface area contributed by atoms with E-state index in [9.17, 15) is 0 Å². The van der Waals surface area contributed by atoms with Gasteiger partial charge in [-0.3, -0.25) is 0 Å². The lowest BCUT2D eigenvalue weighted by molar-refractivity contribution is 0.570. The topological polar surface area (TPSA) is 9.23 Å². The molecule has 0 heterocycles. The highest BCUT2D eigenvalue weighted by Crippen LogP contribution is 2.17. The molecule has 84 valence electrons. The van der Waals surface area contributed by atoms with Gasteiger partial charge in [-0.25, -0.2) is 0 Å². The molecule has 3 heteroatoms. The fourth-order valence-corrected chi connectivity index (χ4v) is 8.27. The second kappa shape index (κ2) is 6.05. The van der Waals surface area contributed by atoms with Gasteiger partial charge in [0, 0.05) is 0 Å². The fraction of sp³-hybridized carbons (Fsp3) is 0.333. The molecular weight excluding hydrogens is 216 g/mol. The molecule has 0 atom stereocenters. The Bertz CT molecular complexity index is 254. The van der Waals surface area contributed by atoms with Gasteiger partial charge in [0.2, 0.25) is 8.32 Å². The number of hydrogen-bond acceptors (Lipinski definition) is 1. The zero-order valence-corrected chi connectivity index (χ0v) is 12.3. The van der Waals surface area contributed by atoms with E-state index in [0.29, 0.717) is 0 Å². The van der Waals surface area contributed by atoms with Crippen LogP contribution >= 0.6 is 0 Å². The molecular formula is C12H22OSi2. The van der Waals surface area contributed by atoms with Crippen LogP contribution in [0.25, 0.3) is 0 Å². The zero-order chi connectivity index (χ0) is 11.9. The van der Waals surface area contributed by atoms with Crippen molar-refractivity contribution >= 4 is 16.6 Å². The maximum Gasteiger partial charge on any atom is 0.227 e. The maximum absolute atomic E-state index is 6.24. The summed E-state index contributed by atoms with van der Waals surface area (Å²) in [5, 5.41) is 0. The van der Waals surface area contributed by atoms with Crippen molar-refractivity contribution in [2.45, 2.75) is 26.2 Å². The van der Waals surface area contributed by atoms with Crippen LogP contribution in [0.3, 0.4) is 0 Å². The van der Waals surface area contributed by atoms with E-state index >= 15 is 0 Å². The van der Waals surface area contributed by atoms with Crippen LogP contribution < -0.4 is 0 Å². The number of rotatable bonds is 6. The van der Waals surface area contributed by atoms with Crippen molar-refractivity contribution < 1.29 is 4.12 Å². The molecule has 0 aromatic rings. The Morgan fingerprint density at radius 3 is 1.53 bits per heavy atom. The Morgan fingerprint density at radius 2 is 1.27 bits per heavy atom. The van der Waals surface area contributed by atoms with Crippen LogP contribution in [0.5, 0.6) is 0 Å². The van der Waals surface area contributed by atoms with Crippen LogP contribution in [0.15, 0.2) is 48.9 Å². The summed E-state index contributed by atoms with van der Waals surface area (Å²) in [6.45, 7) is 16.2. The molecule has 0 aliphatic rings. The molecule has 0 unspecified atom stereocenters. The third-order valence-electron chi connectivity index (χ3n) is 1.65. The summed E-state index contributed by atoms with van der Waals surface area (Å²) in [6.07, 6.45) is 7.53. The largest absolute Gasteiger partial charge is 0.450 e. The molecule has 0 aromatic heterocycles. The van der Waals surface area contributed by atoms with E-state index in [-0.39, 0.29) is 0 Å². The van der Waals surface area contributed by atoms with Crippen LogP contribution in [-0.4, -0.2) is 16.6 Å². The Hall–Kier alpha value is -0.646. The summed E-state index contributed by atoms with van der Waals surface area (Å²) in [4.78, 5) is 0. The van der Waals surface area contributed by atoms with Gasteiger partial charge in [0.15, 0.2) is 8.32 Å². The highest BCUT2D eigenvalue weighted by Gasteiger charge is 2.29. The van der Waals surface area contributed by atoms with Crippen LogP contribution in [-0.2, 0) is 4.12 Å². The molecule has 1 nitrogen and oxygen atoms in total. The molecule has 0 aliphatic carbocycles. The average Bonchev–Trinajstić information content (AvgIpc) is 2.09. The summed E-state index contributed by atoms with van der Waals surface area (Å²) in [6, 6.07) is 0. The van der Waals surface area contributed by atoms with Crippen molar-refractivity contribution in [2.24, 2.45) is 0 Å². The van der Waals surface area contributed by atoms with Gasteiger partial charge < -0.3 is 4.12 Å². The fourth-order valence-electron chi connectivity index (χ4n) is 1.30. The summed E-state index contributed by atoms with van der Waals surface area (Å²) in [5.41, 5.74) is 4.30. The van der Waals surface area contributed by atoms with Crippen LogP contribution in [0.2, 0.25) is 26.2 Å². The lowest BCUT2D eigenvalue weighted by atomic mass is 10.6. The van der Waals surface area contributed by atoms with E-state index in [0.717, 1.165) is 0 Å². The van der Waals surface area contributed by atoms with Gasteiger partial charge in [-0.2, -0.15) is 0 Å². The molecule has 0 bridgehead atoms. The molecule has 0 N–H and O–H groups in total. The van der Waals surface area contributed by atoms with Crippen LogP contribution in [0, 0.1) is 0 Å². The SMILES string of the molecule is C=C/C=C/[Si](C)(/C=C/C=C)O[Si](C)(C)C. The van der Waals surface area contributed by atoms with E-state index in [1.165, 1.54) is 0 Å². The highest BCUT2D eigenvalue weighted by molar-refractivity contribution is 6.90. The minimum atomic E-state index is -1.87. The first-order chi connectivity index (χ1) is 6.83. The van der Waals surface area contributed by atoms with Crippen LogP contribution in [0.4, 0.5) is 0 Å². The molecule has 0 amide bonds. The second-order valence-corrected chi connectivity index (χ2v) is 12.7. The Morgan fingerprint density at radius 1 is 0.867 bits per heavy atom. The normalized spacial score (nSPS) is 13.6. The molecule has 0 spiro atoms. The molecule has 0 rings (SSSR count). The van der Waals surface area contributed by atoms with E-state index < -0.39 is 16.6 Å².